The zero-order valence-corrected chi connectivity index (χ0v) is 15.7. The first kappa shape index (κ1) is 19.6. The Morgan fingerprint density at radius 1 is 0.893 bits per heavy atom. The number of carbonyl (C=O) groups is 3. The minimum atomic E-state index is -1.19. The van der Waals surface area contributed by atoms with Crippen LogP contribution in [0.25, 0.3) is 0 Å². The van der Waals surface area contributed by atoms with Crippen molar-refractivity contribution in [2.45, 2.75) is 18.4 Å². The number of benzene rings is 2. The molecule has 0 N–H and O–H groups in total. The minimum Gasteiger partial charge on any atom is -0.468 e. The van der Waals surface area contributed by atoms with Crippen LogP contribution in [0.4, 0.5) is 0 Å². The van der Waals surface area contributed by atoms with Gasteiger partial charge in [-0.3, -0.25) is 14.4 Å². The lowest BCUT2D eigenvalue weighted by Crippen LogP contribution is -2.31. The molecule has 0 aromatic heterocycles. The first-order valence-electron chi connectivity index (χ1n) is 9.02. The summed E-state index contributed by atoms with van der Waals surface area (Å²) >= 11 is 0. The lowest BCUT2D eigenvalue weighted by Gasteiger charge is -2.23. The highest BCUT2D eigenvalue weighted by Crippen LogP contribution is 2.48. The van der Waals surface area contributed by atoms with Crippen LogP contribution < -0.4 is 0 Å². The normalized spacial score (nSPS) is 21.2. The molecule has 1 fully saturated rings. The summed E-state index contributed by atoms with van der Waals surface area (Å²) < 4.78 is 15.2. The smallest absolute Gasteiger partial charge is 0.320 e. The standard InChI is InChI=1S/C22H22O6/c1-26-20(23)17(21(24)27-2)13-16-18(14-9-5-3-6-10-14)19(28-22(16)25)15-11-7-4-8-12-15/h3-12,16-19H,13H2,1-2H3/t16-,18+,19+/m0/s1. The van der Waals surface area contributed by atoms with Crippen LogP contribution in [-0.4, -0.2) is 32.1 Å². The summed E-state index contributed by atoms with van der Waals surface area (Å²) in [6.07, 6.45) is -0.543. The van der Waals surface area contributed by atoms with Crippen molar-refractivity contribution in [2.24, 2.45) is 11.8 Å². The van der Waals surface area contributed by atoms with Crippen molar-refractivity contribution in [2.75, 3.05) is 14.2 Å². The molecule has 0 aliphatic carbocycles. The van der Waals surface area contributed by atoms with Crippen LogP contribution in [-0.2, 0) is 28.6 Å². The van der Waals surface area contributed by atoms with Gasteiger partial charge in [-0.05, 0) is 17.5 Å². The quantitative estimate of drug-likeness (QED) is 0.434. The molecule has 146 valence electrons. The third-order valence-corrected chi connectivity index (χ3v) is 5.08. The first-order valence-corrected chi connectivity index (χ1v) is 9.02. The molecule has 3 rings (SSSR count). The van der Waals surface area contributed by atoms with Crippen molar-refractivity contribution < 1.29 is 28.6 Å². The maximum absolute atomic E-state index is 12.8. The molecule has 6 heteroatoms. The van der Waals surface area contributed by atoms with Crippen LogP contribution in [0.5, 0.6) is 0 Å². The van der Waals surface area contributed by atoms with Crippen molar-refractivity contribution in [3.63, 3.8) is 0 Å². The largest absolute Gasteiger partial charge is 0.468 e. The highest BCUT2D eigenvalue weighted by Gasteiger charge is 2.48. The number of ether oxygens (including phenoxy) is 3. The van der Waals surface area contributed by atoms with Gasteiger partial charge < -0.3 is 14.2 Å². The lowest BCUT2D eigenvalue weighted by atomic mass is 9.77. The third-order valence-electron chi connectivity index (χ3n) is 5.08. The fraction of sp³-hybridized carbons (Fsp3) is 0.318. The second-order valence-electron chi connectivity index (χ2n) is 6.65. The molecule has 0 radical (unpaired) electrons. The molecule has 0 bridgehead atoms. The van der Waals surface area contributed by atoms with Gasteiger partial charge in [-0.2, -0.15) is 0 Å². The molecule has 1 aliphatic rings. The van der Waals surface area contributed by atoms with E-state index in [1.165, 1.54) is 14.2 Å². The zero-order valence-electron chi connectivity index (χ0n) is 15.7. The topological polar surface area (TPSA) is 78.9 Å². The number of rotatable bonds is 6. The van der Waals surface area contributed by atoms with Gasteiger partial charge >= 0.3 is 17.9 Å². The van der Waals surface area contributed by atoms with Crippen molar-refractivity contribution in [3.05, 3.63) is 71.8 Å². The van der Waals surface area contributed by atoms with Gasteiger partial charge in [-0.1, -0.05) is 60.7 Å². The Hall–Kier alpha value is -3.15. The van der Waals surface area contributed by atoms with Crippen LogP contribution in [0, 0.1) is 11.8 Å². The van der Waals surface area contributed by atoms with Crippen molar-refractivity contribution in [3.8, 4) is 0 Å². The molecule has 2 aromatic rings. The number of cyclic esters (lactones) is 1. The maximum Gasteiger partial charge on any atom is 0.320 e. The molecule has 0 unspecified atom stereocenters. The molecule has 2 aromatic carbocycles. The Bertz CT molecular complexity index is 817. The highest BCUT2D eigenvalue weighted by atomic mass is 16.6. The Morgan fingerprint density at radius 2 is 1.39 bits per heavy atom. The van der Waals surface area contributed by atoms with Crippen LogP contribution in [0.15, 0.2) is 60.7 Å². The van der Waals surface area contributed by atoms with Crippen LogP contribution in [0.1, 0.15) is 29.6 Å². The predicted octanol–water partition coefficient (Wildman–Crippen LogP) is 3.04. The van der Waals surface area contributed by atoms with E-state index in [2.05, 4.69) is 0 Å². The van der Waals surface area contributed by atoms with E-state index in [0.29, 0.717) is 0 Å². The summed E-state index contributed by atoms with van der Waals surface area (Å²) in [5.74, 6) is -4.11. The van der Waals surface area contributed by atoms with Crippen molar-refractivity contribution in [1.82, 2.24) is 0 Å². The second-order valence-corrected chi connectivity index (χ2v) is 6.65. The summed E-state index contributed by atoms with van der Waals surface area (Å²) in [6, 6.07) is 18.9. The van der Waals surface area contributed by atoms with Gasteiger partial charge in [0.2, 0.25) is 0 Å². The Kier molecular flexibility index (Phi) is 6.09. The molecule has 1 heterocycles. The highest BCUT2D eigenvalue weighted by molar-refractivity contribution is 5.95. The zero-order chi connectivity index (χ0) is 20.1. The number of hydrogen-bond acceptors (Lipinski definition) is 6. The average Bonchev–Trinajstić information content (AvgIpc) is 3.08. The fourth-order valence-corrected chi connectivity index (χ4v) is 3.71. The summed E-state index contributed by atoms with van der Waals surface area (Å²) in [5, 5.41) is 0. The Morgan fingerprint density at radius 3 is 1.89 bits per heavy atom. The summed E-state index contributed by atoms with van der Waals surface area (Å²) in [4.78, 5) is 37.0. The molecule has 3 atom stereocenters. The van der Waals surface area contributed by atoms with Gasteiger partial charge in [0.15, 0.2) is 5.92 Å². The molecule has 0 saturated carbocycles. The van der Waals surface area contributed by atoms with Gasteiger partial charge in [0.05, 0.1) is 20.1 Å². The number of methoxy groups -OCH3 is 2. The molecular weight excluding hydrogens is 360 g/mol. The monoisotopic (exact) mass is 382 g/mol. The van der Waals surface area contributed by atoms with E-state index in [-0.39, 0.29) is 12.3 Å². The Labute approximate surface area is 163 Å². The van der Waals surface area contributed by atoms with Crippen molar-refractivity contribution >= 4 is 17.9 Å². The molecule has 1 saturated heterocycles. The molecule has 28 heavy (non-hydrogen) atoms. The van der Waals surface area contributed by atoms with E-state index >= 15 is 0 Å². The second kappa shape index (κ2) is 8.69. The van der Waals surface area contributed by atoms with Crippen molar-refractivity contribution in [1.29, 1.82) is 0 Å². The number of hydrogen-bond donors (Lipinski definition) is 0. The lowest BCUT2D eigenvalue weighted by molar-refractivity contribution is -0.160. The average molecular weight is 382 g/mol. The van der Waals surface area contributed by atoms with E-state index in [1.54, 1.807) is 0 Å². The first-order chi connectivity index (χ1) is 13.6. The van der Waals surface area contributed by atoms with E-state index in [0.717, 1.165) is 11.1 Å². The molecular formula is C22H22O6. The number of esters is 3. The van der Waals surface area contributed by atoms with Crippen LogP contribution >= 0.6 is 0 Å². The van der Waals surface area contributed by atoms with Gasteiger partial charge in [-0.15, -0.1) is 0 Å². The van der Waals surface area contributed by atoms with Gasteiger partial charge in [0, 0.05) is 5.92 Å². The minimum absolute atomic E-state index is 0.0406. The van der Waals surface area contributed by atoms with Gasteiger partial charge in [0.25, 0.3) is 0 Å². The predicted molar refractivity (Wildman–Crippen MR) is 100 cm³/mol. The third kappa shape index (κ3) is 3.91. The number of carbonyl (C=O) groups excluding carboxylic acids is 3. The van der Waals surface area contributed by atoms with E-state index in [9.17, 15) is 14.4 Å². The SMILES string of the molecule is COC(=O)C(C[C@@H]1C(=O)O[C@H](c2ccccc2)[C@@H]1c1ccccc1)C(=O)OC. The van der Waals surface area contributed by atoms with E-state index < -0.39 is 35.8 Å². The molecule has 6 nitrogen and oxygen atoms in total. The molecule has 0 spiro atoms. The maximum atomic E-state index is 12.8. The van der Waals surface area contributed by atoms with E-state index in [4.69, 9.17) is 14.2 Å². The summed E-state index contributed by atoms with van der Waals surface area (Å²) in [5.41, 5.74) is 1.76. The Balaban J connectivity index is 1.99. The van der Waals surface area contributed by atoms with Crippen LogP contribution in [0.2, 0.25) is 0 Å². The van der Waals surface area contributed by atoms with Gasteiger partial charge in [0.1, 0.15) is 6.10 Å². The molecule has 1 aliphatic heterocycles. The van der Waals surface area contributed by atoms with Crippen LogP contribution in [0.3, 0.4) is 0 Å². The fourth-order valence-electron chi connectivity index (χ4n) is 3.71. The molecule has 0 amide bonds. The van der Waals surface area contributed by atoms with Gasteiger partial charge in [-0.25, -0.2) is 0 Å². The summed E-state index contributed by atoms with van der Waals surface area (Å²) in [7, 11) is 2.40. The van der Waals surface area contributed by atoms with E-state index in [1.807, 2.05) is 60.7 Å². The summed E-state index contributed by atoms with van der Waals surface area (Å²) in [6.45, 7) is 0.